The molecule has 152 valence electrons. The van der Waals surface area contributed by atoms with Gasteiger partial charge in [-0.1, -0.05) is 45.0 Å². The SMILES string of the molecule is CC[C@H](C(=O)Nc1ccccc1C(C)C)N(c1cccc(OC)c1)S(C)(=O)=O. The minimum Gasteiger partial charge on any atom is -0.497 e. The number of para-hydroxylation sites is 1. The summed E-state index contributed by atoms with van der Waals surface area (Å²) >= 11 is 0. The number of rotatable bonds is 8. The molecule has 7 heteroatoms. The summed E-state index contributed by atoms with van der Waals surface area (Å²) in [7, 11) is -2.19. The van der Waals surface area contributed by atoms with Crippen LogP contribution < -0.4 is 14.4 Å². The van der Waals surface area contributed by atoms with E-state index in [2.05, 4.69) is 5.32 Å². The van der Waals surface area contributed by atoms with Gasteiger partial charge in [-0.15, -0.1) is 0 Å². The van der Waals surface area contributed by atoms with Crippen LogP contribution in [0.1, 0.15) is 38.7 Å². The van der Waals surface area contributed by atoms with E-state index >= 15 is 0 Å². The number of ether oxygens (including phenoxy) is 1. The van der Waals surface area contributed by atoms with Crippen LogP contribution in [0.4, 0.5) is 11.4 Å². The van der Waals surface area contributed by atoms with Crippen molar-refractivity contribution in [3.63, 3.8) is 0 Å². The molecule has 2 aromatic carbocycles. The quantitative estimate of drug-likeness (QED) is 0.721. The Bertz CT molecular complexity index is 926. The molecule has 28 heavy (non-hydrogen) atoms. The van der Waals surface area contributed by atoms with E-state index in [9.17, 15) is 13.2 Å². The van der Waals surface area contributed by atoms with Gasteiger partial charge in [0.25, 0.3) is 0 Å². The first kappa shape index (κ1) is 21.8. The second-order valence-electron chi connectivity index (χ2n) is 6.92. The number of sulfonamides is 1. The summed E-state index contributed by atoms with van der Waals surface area (Å²) in [4.78, 5) is 13.1. The van der Waals surface area contributed by atoms with Crippen LogP contribution in [-0.2, 0) is 14.8 Å². The van der Waals surface area contributed by atoms with Crippen molar-refractivity contribution in [2.75, 3.05) is 23.0 Å². The van der Waals surface area contributed by atoms with Crippen LogP contribution in [0.5, 0.6) is 5.75 Å². The molecule has 6 nitrogen and oxygen atoms in total. The molecule has 0 bridgehead atoms. The molecule has 2 rings (SSSR count). The van der Waals surface area contributed by atoms with Crippen molar-refractivity contribution >= 4 is 27.3 Å². The van der Waals surface area contributed by atoms with Crippen LogP contribution in [0.2, 0.25) is 0 Å². The number of nitrogens with one attached hydrogen (secondary N) is 1. The summed E-state index contributed by atoms with van der Waals surface area (Å²) in [6.07, 6.45) is 1.42. The second-order valence-corrected chi connectivity index (χ2v) is 8.77. The molecule has 0 saturated heterocycles. The molecule has 0 aromatic heterocycles. The van der Waals surface area contributed by atoms with E-state index in [0.29, 0.717) is 23.5 Å². The fourth-order valence-corrected chi connectivity index (χ4v) is 4.34. The van der Waals surface area contributed by atoms with Crippen molar-refractivity contribution in [1.29, 1.82) is 0 Å². The number of benzene rings is 2. The van der Waals surface area contributed by atoms with Crippen LogP contribution in [0.15, 0.2) is 48.5 Å². The molecule has 0 radical (unpaired) electrons. The maximum absolute atomic E-state index is 13.1. The molecule has 0 fully saturated rings. The van der Waals surface area contributed by atoms with Gasteiger partial charge < -0.3 is 10.1 Å². The van der Waals surface area contributed by atoms with Gasteiger partial charge in [0.15, 0.2) is 0 Å². The number of methoxy groups -OCH3 is 1. The van der Waals surface area contributed by atoms with Crippen molar-refractivity contribution in [2.45, 2.75) is 39.2 Å². The first-order valence-electron chi connectivity index (χ1n) is 9.22. The smallest absolute Gasteiger partial charge is 0.248 e. The van der Waals surface area contributed by atoms with E-state index in [1.807, 2.05) is 38.1 Å². The predicted molar refractivity (Wildman–Crippen MR) is 114 cm³/mol. The van der Waals surface area contributed by atoms with Crippen LogP contribution >= 0.6 is 0 Å². The van der Waals surface area contributed by atoms with E-state index in [1.165, 1.54) is 7.11 Å². The molecule has 1 atom stereocenters. The van der Waals surface area contributed by atoms with Crippen molar-refractivity contribution in [3.05, 3.63) is 54.1 Å². The third-order valence-corrected chi connectivity index (χ3v) is 5.66. The Morgan fingerprint density at radius 1 is 1.14 bits per heavy atom. The van der Waals surface area contributed by atoms with Gasteiger partial charge >= 0.3 is 0 Å². The zero-order chi connectivity index (χ0) is 20.9. The number of hydrogen-bond acceptors (Lipinski definition) is 4. The second kappa shape index (κ2) is 9.10. The number of nitrogens with zero attached hydrogens (tertiary/aromatic N) is 1. The Balaban J connectivity index is 2.43. The molecule has 0 aliphatic rings. The highest BCUT2D eigenvalue weighted by molar-refractivity contribution is 7.92. The number of amides is 1. The highest BCUT2D eigenvalue weighted by atomic mass is 32.2. The van der Waals surface area contributed by atoms with Crippen LogP contribution in [0.25, 0.3) is 0 Å². The number of hydrogen-bond donors (Lipinski definition) is 1. The lowest BCUT2D eigenvalue weighted by Gasteiger charge is -2.30. The predicted octanol–water partition coefficient (Wildman–Crippen LogP) is 4.00. The van der Waals surface area contributed by atoms with Gasteiger partial charge in [-0.05, 0) is 36.1 Å². The van der Waals surface area contributed by atoms with Gasteiger partial charge in [-0.3, -0.25) is 9.10 Å². The van der Waals surface area contributed by atoms with Crippen molar-refractivity contribution in [3.8, 4) is 5.75 Å². The van der Waals surface area contributed by atoms with Gasteiger partial charge in [0, 0.05) is 11.8 Å². The summed E-state index contributed by atoms with van der Waals surface area (Å²) in [5.41, 5.74) is 2.08. The first-order valence-corrected chi connectivity index (χ1v) is 11.1. The highest BCUT2D eigenvalue weighted by Gasteiger charge is 2.32. The molecule has 0 aliphatic carbocycles. The fraction of sp³-hybridized carbons (Fsp3) is 0.381. The molecule has 0 unspecified atom stereocenters. The molecular weight excluding hydrogens is 376 g/mol. The minimum absolute atomic E-state index is 0.223. The number of carbonyl (C=O) groups is 1. The normalized spacial score (nSPS) is 12.5. The Kier molecular flexibility index (Phi) is 7.07. The van der Waals surface area contributed by atoms with Crippen molar-refractivity contribution in [1.82, 2.24) is 0 Å². The van der Waals surface area contributed by atoms with E-state index in [1.54, 1.807) is 31.2 Å². The molecule has 1 N–H and O–H groups in total. The van der Waals surface area contributed by atoms with Crippen LogP contribution in [0, 0.1) is 0 Å². The van der Waals surface area contributed by atoms with E-state index in [0.717, 1.165) is 16.1 Å². The van der Waals surface area contributed by atoms with E-state index in [-0.39, 0.29) is 11.8 Å². The van der Waals surface area contributed by atoms with Gasteiger partial charge in [0.1, 0.15) is 11.8 Å². The Labute approximate surface area is 167 Å². The Hall–Kier alpha value is -2.54. The molecule has 0 saturated carbocycles. The maximum atomic E-state index is 13.1. The monoisotopic (exact) mass is 404 g/mol. The topological polar surface area (TPSA) is 75.7 Å². The zero-order valence-electron chi connectivity index (χ0n) is 17.0. The standard InChI is InChI=1S/C21H28N2O4S/c1-6-20(21(24)22-19-13-8-7-12-18(19)15(2)3)23(28(5,25)26)16-10-9-11-17(14-16)27-4/h7-15,20H,6H2,1-5H3,(H,22,24)/t20-/m1/s1. The molecule has 0 heterocycles. The molecule has 1 amide bonds. The summed E-state index contributed by atoms with van der Waals surface area (Å²) in [6, 6.07) is 13.4. The van der Waals surface area contributed by atoms with Gasteiger partial charge in [-0.2, -0.15) is 0 Å². The first-order chi connectivity index (χ1) is 13.2. The summed E-state index contributed by atoms with van der Waals surface area (Å²) in [6.45, 7) is 5.87. The lowest BCUT2D eigenvalue weighted by molar-refractivity contribution is -0.117. The lowest BCUT2D eigenvalue weighted by atomic mass is 10.0. The molecule has 0 aliphatic heterocycles. The maximum Gasteiger partial charge on any atom is 0.248 e. The average Bonchev–Trinajstić information content (AvgIpc) is 2.65. The number of anilines is 2. The van der Waals surface area contributed by atoms with Crippen molar-refractivity contribution in [2.24, 2.45) is 0 Å². The highest BCUT2D eigenvalue weighted by Crippen LogP contribution is 2.28. The van der Waals surface area contributed by atoms with E-state index in [4.69, 9.17) is 4.74 Å². The molecule has 0 spiro atoms. The van der Waals surface area contributed by atoms with Crippen LogP contribution in [0.3, 0.4) is 0 Å². The minimum atomic E-state index is -3.70. The molecular formula is C21H28N2O4S. The number of carbonyl (C=O) groups excluding carboxylic acids is 1. The third kappa shape index (κ3) is 5.04. The lowest BCUT2D eigenvalue weighted by Crippen LogP contribution is -2.47. The third-order valence-electron chi connectivity index (χ3n) is 4.48. The zero-order valence-corrected chi connectivity index (χ0v) is 17.8. The Morgan fingerprint density at radius 2 is 1.82 bits per heavy atom. The van der Waals surface area contributed by atoms with Gasteiger partial charge in [-0.25, -0.2) is 8.42 Å². The molecule has 2 aromatic rings. The van der Waals surface area contributed by atoms with E-state index < -0.39 is 16.1 Å². The van der Waals surface area contributed by atoms with Crippen LogP contribution in [-0.4, -0.2) is 33.7 Å². The average molecular weight is 405 g/mol. The fourth-order valence-electron chi connectivity index (χ4n) is 3.14. The van der Waals surface area contributed by atoms with Gasteiger partial charge in [0.2, 0.25) is 15.9 Å². The largest absolute Gasteiger partial charge is 0.497 e. The summed E-state index contributed by atoms with van der Waals surface area (Å²) < 4.78 is 31.5. The van der Waals surface area contributed by atoms with Gasteiger partial charge in [0.05, 0.1) is 19.1 Å². The summed E-state index contributed by atoms with van der Waals surface area (Å²) in [5, 5.41) is 2.92. The Morgan fingerprint density at radius 3 is 2.39 bits per heavy atom. The summed E-state index contributed by atoms with van der Waals surface area (Å²) in [5.74, 6) is 0.372. The van der Waals surface area contributed by atoms with Crippen molar-refractivity contribution < 1.29 is 17.9 Å².